The molecule has 0 radical (unpaired) electrons. The molecule has 0 unspecified atom stereocenters. The fourth-order valence-corrected chi connectivity index (χ4v) is 3.94. The predicted octanol–water partition coefficient (Wildman–Crippen LogP) is 3.44. The molecule has 0 saturated heterocycles. The van der Waals surface area contributed by atoms with Crippen molar-refractivity contribution in [3.05, 3.63) is 47.1 Å². The van der Waals surface area contributed by atoms with E-state index >= 15 is 0 Å². The minimum Gasteiger partial charge on any atom is -0.229 e. The molecule has 0 aliphatic carbocycles. The maximum Gasteiger partial charge on any atom is 0.220 e. The summed E-state index contributed by atoms with van der Waals surface area (Å²) >= 11 is 3.04. The van der Waals surface area contributed by atoms with Gasteiger partial charge >= 0.3 is 0 Å². The lowest BCUT2D eigenvalue weighted by atomic mass is 10.1. The Morgan fingerprint density at radius 3 is 2.96 bits per heavy atom. The first kappa shape index (κ1) is 14.3. The fraction of sp³-hybridized carbons (Fsp3) is 0.133. The molecule has 0 fully saturated rings. The van der Waals surface area contributed by atoms with Gasteiger partial charge in [0.2, 0.25) is 5.16 Å². The average molecular weight is 340 g/mol. The van der Waals surface area contributed by atoms with E-state index in [-0.39, 0.29) is 0 Å². The Balaban J connectivity index is 1.79. The molecule has 0 aliphatic rings. The summed E-state index contributed by atoms with van der Waals surface area (Å²) in [4.78, 5) is 9.62. The van der Waals surface area contributed by atoms with Crippen LogP contribution in [0.2, 0.25) is 0 Å². The number of fused-ring (bicyclic) bond motifs is 1. The van der Waals surface area contributed by atoms with Crippen molar-refractivity contribution in [2.75, 3.05) is 0 Å². The third-order valence-electron chi connectivity index (χ3n) is 3.66. The summed E-state index contributed by atoms with van der Waals surface area (Å²) in [6.45, 7) is 4.15. The molecule has 0 spiro atoms. The molecule has 0 amide bonds. The van der Waals surface area contributed by atoms with Crippen molar-refractivity contribution >= 4 is 33.3 Å². The van der Waals surface area contributed by atoms with Gasteiger partial charge in [-0.15, -0.1) is 16.4 Å². The van der Waals surface area contributed by atoms with Crippen molar-refractivity contribution in [2.45, 2.75) is 24.0 Å². The number of nitrogens with zero attached hydrogens (tertiary/aromatic N) is 6. The van der Waals surface area contributed by atoms with Crippen molar-refractivity contribution in [1.29, 1.82) is 0 Å². The molecule has 3 heterocycles. The SMILES string of the molecule is Cc1cccc(-n2nnnc2Sc2ncnc3sccc23)c1C. The van der Waals surface area contributed by atoms with Crippen LogP contribution in [0.15, 0.2) is 46.2 Å². The summed E-state index contributed by atoms with van der Waals surface area (Å²) in [5.41, 5.74) is 3.34. The standard InChI is InChI=1S/C15H12N6S2/c1-9-4-3-5-12(10(9)2)21-15(18-19-20-21)23-14-11-6-7-22-13(11)16-8-17-14/h3-8H,1-2H3. The molecule has 0 atom stereocenters. The van der Waals surface area contributed by atoms with Gasteiger partial charge in [0.25, 0.3) is 0 Å². The van der Waals surface area contributed by atoms with Crippen LogP contribution in [0.5, 0.6) is 0 Å². The molecule has 4 aromatic rings. The molecular weight excluding hydrogens is 328 g/mol. The molecule has 23 heavy (non-hydrogen) atoms. The first-order chi connectivity index (χ1) is 11.2. The monoisotopic (exact) mass is 340 g/mol. The maximum absolute atomic E-state index is 4.38. The second-order valence-electron chi connectivity index (χ2n) is 5.01. The second kappa shape index (κ2) is 5.71. The number of hydrogen-bond donors (Lipinski definition) is 0. The van der Waals surface area contributed by atoms with Crippen LogP contribution in [0, 0.1) is 13.8 Å². The highest BCUT2D eigenvalue weighted by atomic mass is 32.2. The van der Waals surface area contributed by atoms with E-state index in [9.17, 15) is 0 Å². The van der Waals surface area contributed by atoms with E-state index in [4.69, 9.17) is 0 Å². The number of aromatic nitrogens is 6. The van der Waals surface area contributed by atoms with Crippen LogP contribution >= 0.6 is 23.1 Å². The van der Waals surface area contributed by atoms with Gasteiger partial charge in [-0.2, -0.15) is 4.68 Å². The van der Waals surface area contributed by atoms with E-state index in [0.29, 0.717) is 5.16 Å². The van der Waals surface area contributed by atoms with E-state index in [2.05, 4.69) is 45.4 Å². The van der Waals surface area contributed by atoms with Gasteiger partial charge in [0.15, 0.2) is 0 Å². The number of hydrogen-bond acceptors (Lipinski definition) is 7. The Morgan fingerprint density at radius 1 is 1.13 bits per heavy atom. The van der Waals surface area contributed by atoms with Crippen molar-refractivity contribution in [2.24, 2.45) is 0 Å². The van der Waals surface area contributed by atoms with Crippen molar-refractivity contribution in [3.8, 4) is 5.69 Å². The van der Waals surface area contributed by atoms with E-state index in [1.54, 1.807) is 22.3 Å². The molecule has 0 aliphatic heterocycles. The maximum atomic E-state index is 4.38. The fourth-order valence-electron chi connectivity index (χ4n) is 2.29. The lowest BCUT2D eigenvalue weighted by Gasteiger charge is -2.09. The highest BCUT2D eigenvalue weighted by Gasteiger charge is 2.15. The number of rotatable bonds is 3. The molecule has 114 valence electrons. The van der Waals surface area contributed by atoms with Crippen LogP contribution in [-0.4, -0.2) is 30.2 Å². The average Bonchev–Trinajstić information content (AvgIpc) is 3.20. The third-order valence-corrected chi connectivity index (χ3v) is 5.43. The summed E-state index contributed by atoms with van der Waals surface area (Å²) in [5.74, 6) is 0. The van der Waals surface area contributed by atoms with Crippen LogP contribution in [0.4, 0.5) is 0 Å². The van der Waals surface area contributed by atoms with Gasteiger partial charge in [-0.05, 0) is 64.7 Å². The molecule has 0 bridgehead atoms. The molecule has 8 heteroatoms. The molecular formula is C15H12N6S2. The Kier molecular flexibility index (Phi) is 3.55. The largest absolute Gasteiger partial charge is 0.229 e. The topological polar surface area (TPSA) is 69.4 Å². The lowest BCUT2D eigenvalue weighted by Crippen LogP contribution is -2.02. The molecule has 4 rings (SSSR count). The van der Waals surface area contributed by atoms with E-state index in [1.807, 2.05) is 23.6 Å². The zero-order valence-electron chi connectivity index (χ0n) is 12.5. The van der Waals surface area contributed by atoms with Gasteiger partial charge in [-0.3, -0.25) is 0 Å². The van der Waals surface area contributed by atoms with Crippen LogP contribution in [0.3, 0.4) is 0 Å². The normalized spacial score (nSPS) is 11.2. The molecule has 0 N–H and O–H groups in total. The zero-order valence-corrected chi connectivity index (χ0v) is 14.1. The van der Waals surface area contributed by atoms with E-state index < -0.39 is 0 Å². The van der Waals surface area contributed by atoms with Gasteiger partial charge in [-0.1, -0.05) is 12.1 Å². The number of tetrazole rings is 1. The predicted molar refractivity (Wildman–Crippen MR) is 90.2 cm³/mol. The molecule has 6 nitrogen and oxygen atoms in total. The van der Waals surface area contributed by atoms with Gasteiger partial charge in [-0.25, -0.2) is 9.97 Å². The number of thiophene rings is 1. The van der Waals surface area contributed by atoms with Crippen LogP contribution in [0.25, 0.3) is 15.9 Å². The quantitative estimate of drug-likeness (QED) is 0.532. The van der Waals surface area contributed by atoms with Crippen molar-refractivity contribution in [1.82, 2.24) is 30.2 Å². The van der Waals surface area contributed by atoms with Gasteiger partial charge in [0, 0.05) is 5.39 Å². The summed E-state index contributed by atoms with van der Waals surface area (Å²) < 4.78 is 1.76. The minimum atomic E-state index is 0.685. The van der Waals surface area contributed by atoms with Crippen LogP contribution in [0.1, 0.15) is 11.1 Å². The van der Waals surface area contributed by atoms with E-state index in [0.717, 1.165) is 26.5 Å². The number of aryl methyl sites for hydroxylation is 1. The second-order valence-corrected chi connectivity index (χ2v) is 6.86. The Bertz CT molecular complexity index is 990. The lowest BCUT2D eigenvalue weighted by molar-refractivity contribution is 0.750. The zero-order chi connectivity index (χ0) is 15.8. The molecule has 1 aromatic carbocycles. The Morgan fingerprint density at radius 2 is 2.04 bits per heavy atom. The van der Waals surface area contributed by atoms with E-state index in [1.165, 1.54) is 17.3 Å². The molecule has 0 saturated carbocycles. The van der Waals surface area contributed by atoms with Gasteiger partial charge in [0.05, 0.1) is 5.69 Å². The highest BCUT2D eigenvalue weighted by molar-refractivity contribution is 7.99. The first-order valence-corrected chi connectivity index (χ1v) is 8.64. The van der Waals surface area contributed by atoms with Gasteiger partial charge in [0.1, 0.15) is 16.2 Å². The van der Waals surface area contributed by atoms with Crippen molar-refractivity contribution in [3.63, 3.8) is 0 Å². The van der Waals surface area contributed by atoms with Crippen LogP contribution < -0.4 is 0 Å². The summed E-state index contributed by atoms with van der Waals surface area (Å²) in [6, 6.07) is 8.13. The van der Waals surface area contributed by atoms with Crippen LogP contribution in [-0.2, 0) is 0 Å². The smallest absolute Gasteiger partial charge is 0.220 e. The summed E-state index contributed by atoms with van der Waals surface area (Å²) in [7, 11) is 0. The highest BCUT2D eigenvalue weighted by Crippen LogP contribution is 2.32. The summed E-state index contributed by atoms with van der Waals surface area (Å²) in [6.07, 6.45) is 1.58. The summed E-state index contributed by atoms with van der Waals surface area (Å²) in [5, 5.41) is 16.7. The number of benzene rings is 1. The Labute approximate surface area is 140 Å². The minimum absolute atomic E-state index is 0.685. The van der Waals surface area contributed by atoms with Gasteiger partial charge < -0.3 is 0 Å². The Hall–Kier alpha value is -2.32. The first-order valence-electron chi connectivity index (χ1n) is 6.95. The molecule has 3 aromatic heterocycles. The van der Waals surface area contributed by atoms with Crippen molar-refractivity contribution < 1.29 is 0 Å². The third kappa shape index (κ3) is 2.49.